The monoisotopic (exact) mass is 322 g/mol. The number of alkyl halides is 2. The molecule has 0 fully saturated rings. The fourth-order valence-corrected chi connectivity index (χ4v) is 2.16. The maximum Gasteiger partial charge on any atom is 0.337 e. The van der Waals surface area contributed by atoms with E-state index in [4.69, 9.17) is 11.6 Å². The first-order valence-electron chi connectivity index (χ1n) is 4.54. The van der Waals surface area contributed by atoms with Crippen molar-refractivity contribution >= 4 is 27.5 Å². The van der Waals surface area contributed by atoms with Crippen molar-refractivity contribution in [2.75, 3.05) is 0 Å². The maximum absolute atomic E-state index is 12.4. The van der Waals surface area contributed by atoms with Gasteiger partial charge in [0, 0.05) is 16.9 Å². The van der Waals surface area contributed by atoms with Crippen molar-refractivity contribution in [3.8, 4) is 5.69 Å². The normalized spacial score (nSPS) is 11.1. The van der Waals surface area contributed by atoms with Gasteiger partial charge in [-0.2, -0.15) is 8.78 Å². The van der Waals surface area contributed by atoms with Gasteiger partial charge in [0.05, 0.1) is 10.7 Å². The molecule has 0 spiro atoms. The van der Waals surface area contributed by atoms with Crippen LogP contribution in [0.4, 0.5) is 8.78 Å². The number of benzene rings is 1. The van der Waals surface area contributed by atoms with E-state index in [1.807, 2.05) is 0 Å². The van der Waals surface area contributed by atoms with Crippen LogP contribution in [0.3, 0.4) is 0 Å². The molecular formula is C10H6BrClF2N2O. The summed E-state index contributed by atoms with van der Waals surface area (Å²) >= 11 is 9.16. The molecule has 0 N–H and O–H groups in total. The van der Waals surface area contributed by atoms with Crippen molar-refractivity contribution in [2.45, 2.75) is 6.55 Å². The lowest BCUT2D eigenvalue weighted by atomic mass is 10.3. The summed E-state index contributed by atoms with van der Waals surface area (Å²) in [5, 5.41) is 0.300. The van der Waals surface area contributed by atoms with Gasteiger partial charge in [0.25, 0.3) is 0 Å². The summed E-state index contributed by atoms with van der Waals surface area (Å²) in [7, 11) is 0. The SMILES string of the molecule is O=c1n(-c2ccc(Br)cc2Cl)ccn1C(F)F. The fourth-order valence-electron chi connectivity index (χ4n) is 1.40. The Labute approximate surface area is 108 Å². The van der Waals surface area contributed by atoms with Gasteiger partial charge < -0.3 is 0 Å². The summed E-state index contributed by atoms with van der Waals surface area (Å²) in [5.74, 6) is 0. The zero-order chi connectivity index (χ0) is 12.6. The van der Waals surface area contributed by atoms with Gasteiger partial charge in [0.1, 0.15) is 0 Å². The van der Waals surface area contributed by atoms with Gasteiger partial charge in [0.2, 0.25) is 0 Å². The van der Waals surface area contributed by atoms with Crippen LogP contribution in [0.25, 0.3) is 5.69 Å². The number of hydrogen-bond donors (Lipinski definition) is 0. The van der Waals surface area contributed by atoms with Crippen LogP contribution in [0, 0.1) is 0 Å². The second-order valence-corrected chi connectivity index (χ2v) is 4.55. The van der Waals surface area contributed by atoms with E-state index in [1.54, 1.807) is 18.2 Å². The molecule has 0 aliphatic rings. The molecule has 0 saturated heterocycles. The van der Waals surface area contributed by atoms with Crippen LogP contribution in [0.5, 0.6) is 0 Å². The molecule has 0 atom stereocenters. The molecule has 90 valence electrons. The molecule has 0 saturated carbocycles. The Balaban J connectivity index is 2.58. The van der Waals surface area contributed by atoms with Gasteiger partial charge in [-0.15, -0.1) is 0 Å². The number of rotatable bonds is 2. The lowest BCUT2D eigenvalue weighted by Crippen LogP contribution is -2.23. The highest BCUT2D eigenvalue weighted by Crippen LogP contribution is 2.23. The average Bonchev–Trinajstić information content (AvgIpc) is 2.60. The molecule has 0 bridgehead atoms. The predicted molar refractivity (Wildman–Crippen MR) is 64.0 cm³/mol. The molecule has 3 nitrogen and oxygen atoms in total. The summed E-state index contributed by atoms with van der Waals surface area (Å²) < 4.78 is 27.0. The van der Waals surface area contributed by atoms with Gasteiger partial charge in [-0.05, 0) is 18.2 Å². The predicted octanol–water partition coefficient (Wildman–Crippen LogP) is 3.45. The van der Waals surface area contributed by atoms with Gasteiger partial charge in [-0.25, -0.2) is 9.36 Å². The van der Waals surface area contributed by atoms with Gasteiger partial charge in [-0.1, -0.05) is 27.5 Å². The van der Waals surface area contributed by atoms with E-state index in [-0.39, 0.29) is 0 Å². The van der Waals surface area contributed by atoms with Crippen molar-refractivity contribution in [1.29, 1.82) is 0 Å². The molecule has 7 heteroatoms. The van der Waals surface area contributed by atoms with Crippen molar-refractivity contribution < 1.29 is 8.78 Å². The van der Waals surface area contributed by atoms with E-state index in [2.05, 4.69) is 15.9 Å². The number of halogens is 4. The van der Waals surface area contributed by atoms with E-state index in [0.717, 1.165) is 15.2 Å². The molecular weight excluding hydrogens is 317 g/mol. The van der Waals surface area contributed by atoms with Crippen molar-refractivity contribution in [1.82, 2.24) is 9.13 Å². The Kier molecular flexibility index (Phi) is 3.35. The van der Waals surface area contributed by atoms with E-state index in [0.29, 0.717) is 15.3 Å². The Morgan fingerprint density at radius 3 is 2.53 bits per heavy atom. The van der Waals surface area contributed by atoms with Crippen LogP contribution in [0.2, 0.25) is 5.02 Å². The fraction of sp³-hybridized carbons (Fsp3) is 0.100. The zero-order valence-electron chi connectivity index (χ0n) is 8.28. The number of nitrogens with zero attached hydrogens (tertiary/aromatic N) is 2. The number of aromatic nitrogens is 2. The minimum atomic E-state index is -2.86. The second-order valence-electron chi connectivity index (χ2n) is 3.23. The third-order valence-corrected chi connectivity index (χ3v) is 2.98. The molecule has 2 aromatic rings. The number of imidazole rings is 1. The van der Waals surface area contributed by atoms with Gasteiger partial charge >= 0.3 is 12.2 Å². The Morgan fingerprint density at radius 2 is 2.00 bits per heavy atom. The van der Waals surface area contributed by atoms with Crippen LogP contribution in [-0.4, -0.2) is 9.13 Å². The molecule has 0 aliphatic carbocycles. The summed E-state index contributed by atoms with van der Waals surface area (Å²) in [5.41, 5.74) is -0.469. The summed E-state index contributed by atoms with van der Waals surface area (Å²) in [6.45, 7) is -2.86. The summed E-state index contributed by atoms with van der Waals surface area (Å²) in [6, 6.07) is 4.83. The Morgan fingerprint density at radius 1 is 1.29 bits per heavy atom. The molecule has 1 aromatic carbocycles. The molecule has 0 aliphatic heterocycles. The van der Waals surface area contributed by atoms with E-state index in [1.165, 1.54) is 6.20 Å². The third kappa shape index (κ3) is 2.28. The van der Waals surface area contributed by atoms with Gasteiger partial charge in [0.15, 0.2) is 0 Å². The minimum Gasteiger partial charge on any atom is -0.266 e. The second kappa shape index (κ2) is 4.62. The van der Waals surface area contributed by atoms with Crippen LogP contribution >= 0.6 is 27.5 Å². The molecule has 1 heterocycles. The van der Waals surface area contributed by atoms with Crippen LogP contribution < -0.4 is 5.69 Å². The van der Waals surface area contributed by atoms with Crippen molar-refractivity contribution in [2.24, 2.45) is 0 Å². The third-order valence-electron chi connectivity index (χ3n) is 2.18. The highest BCUT2D eigenvalue weighted by atomic mass is 79.9. The largest absolute Gasteiger partial charge is 0.337 e. The van der Waals surface area contributed by atoms with Crippen molar-refractivity contribution in [3.63, 3.8) is 0 Å². The first-order chi connectivity index (χ1) is 8.00. The van der Waals surface area contributed by atoms with E-state index < -0.39 is 12.2 Å². The van der Waals surface area contributed by atoms with Crippen molar-refractivity contribution in [3.05, 3.63) is 50.6 Å². The summed E-state index contributed by atoms with van der Waals surface area (Å²) in [4.78, 5) is 11.6. The van der Waals surface area contributed by atoms with E-state index >= 15 is 0 Å². The molecule has 0 unspecified atom stereocenters. The molecule has 0 radical (unpaired) electrons. The maximum atomic E-state index is 12.4. The van der Waals surface area contributed by atoms with Crippen LogP contribution in [0.15, 0.2) is 39.9 Å². The molecule has 2 rings (SSSR count). The number of hydrogen-bond acceptors (Lipinski definition) is 1. The smallest absolute Gasteiger partial charge is 0.266 e. The topological polar surface area (TPSA) is 26.9 Å². The minimum absolute atomic E-state index is 0.300. The highest BCUT2D eigenvalue weighted by Gasteiger charge is 2.13. The molecule has 1 aromatic heterocycles. The lowest BCUT2D eigenvalue weighted by molar-refractivity contribution is 0.0663. The Bertz CT molecular complexity index is 609. The van der Waals surface area contributed by atoms with Crippen LogP contribution in [0.1, 0.15) is 6.55 Å². The summed E-state index contributed by atoms with van der Waals surface area (Å²) in [6.07, 6.45) is 2.27. The quantitative estimate of drug-likeness (QED) is 0.831. The standard InChI is InChI=1S/C10H6BrClF2N2O/c11-6-1-2-8(7(12)5-6)15-3-4-16(9(13)14)10(15)17/h1-5,9H. The zero-order valence-corrected chi connectivity index (χ0v) is 10.6. The molecule has 0 amide bonds. The van der Waals surface area contributed by atoms with Gasteiger partial charge in [-0.3, -0.25) is 4.57 Å². The van der Waals surface area contributed by atoms with Crippen LogP contribution in [-0.2, 0) is 0 Å². The highest BCUT2D eigenvalue weighted by molar-refractivity contribution is 9.10. The first kappa shape index (κ1) is 12.3. The van der Waals surface area contributed by atoms with E-state index in [9.17, 15) is 13.6 Å². The Hall–Kier alpha value is -1.14. The first-order valence-corrected chi connectivity index (χ1v) is 5.71. The average molecular weight is 324 g/mol. The molecule has 17 heavy (non-hydrogen) atoms. The lowest BCUT2D eigenvalue weighted by Gasteiger charge is -2.04.